The largest absolute Gasteiger partial charge is 0.0651 e. The summed E-state index contributed by atoms with van der Waals surface area (Å²) in [4.78, 5) is 0. The van der Waals surface area contributed by atoms with E-state index in [2.05, 4.69) is 41.5 Å². The van der Waals surface area contributed by atoms with Crippen LogP contribution in [0, 0.1) is 17.3 Å². The molecule has 0 N–H and O–H groups in total. The Morgan fingerprint density at radius 1 is 0.875 bits per heavy atom. The fourth-order valence-corrected chi connectivity index (χ4v) is 2.18. The van der Waals surface area contributed by atoms with E-state index in [-0.39, 0.29) is 0 Å². The van der Waals surface area contributed by atoms with E-state index in [1.807, 2.05) is 0 Å². The lowest BCUT2D eigenvalue weighted by Gasteiger charge is -2.22. The molecule has 0 aliphatic carbocycles. The Kier molecular flexibility index (Phi) is 8.14. The standard InChI is InChI=1S/C16H34/c1-7-15(12-13-16(4,5)6)11-9-8-10-14(2)3/h14-15H,7-13H2,1-6H3/t15-/m1/s1. The van der Waals surface area contributed by atoms with Gasteiger partial charge in [0.1, 0.15) is 0 Å². The average Bonchev–Trinajstić information content (AvgIpc) is 2.15. The molecular weight excluding hydrogens is 192 g/mol. The Hall–Kier alpha value is 0. The number of rotatable bonds is 8. The molecule has 98 valence electrons. The summed E-state index contributed by atoms with van der Waals surface area (Å²) in [6, 6.07) is 0. The summed E-state index contributed by atoms with van der Waals surface area (Å²) in [5.74, 6) is 1.86. The number of hydrogen-bond donors (Lipinski definition) is 0. The van der Waals surface area contributed by atoms with Gasteiger partial charge in [-0.2, -0.15) is 0 Å². The maximum absolute atomic E-state index is 2.36. The molecule has 0 nitrogen and oxygen atoms in total. The van der Waals surface area contributed by atoms with Crippen LogP contribution in [0.2, 0.25) is 0 Å². The first-order valence-corrected chi connectivity index (χ1v) is 7.35. The molecule has 0 aliphatic rings. The van der Waals surface area contributed by atoms with Gasteiger partial charge in [-0.05, 0) is 30.1 Å². The van der Waals surface area contributed by atoms with Crippen LogP contribution in [0.4, 0.5) is 0 Å². The second-order valence-corrected chi connectivity index (χ2v) is 7.05. The topological polar surface area (TPSA) is 0 Å². The molecule has 0 heterocycles. The quantitative estimate of drug-likeness (QED) is 0.442. The fourth-order valence-electron chi connectivity index (χ4n) is 2.18. The Balaban J connectivity index is 3.59. The molecule has 0 aliphatic heterocycles. The first-order valence-electron chi connectivity index (χ1n) is 7.35. The molecule has 0 heteroatoms. The fraction of sp³-hybridized carbons (Fsp3) is 1.00. The maximum Gasteiger partial charge on any atom is -0.0383 e. The minimum atomic E-state index is 0.519. The second-order valence-electron chi connectivity index (χ2n) is 7.05. The minimum Gasteiger partial charge on any atom is -0.0651 e. The van der Waals surface area contributed by atoms with Gasteiger partial charge in [-0.1, -0.05) is 73.6 Å². The van der Waals surface area contributed by atoms with E-state index >= 15 is 0 Å². The highest BCUT2D eigenvalue weighted by atomic mass is 14.2. The van der Waals surface area contributed by atoms with Gasteiger partial charge >= 0.3 is 0 Å². The van der Waals surface area contributed by atoms with Crippen molar-refractivity contribution in [1.82, 2.24) is 0 Å². The zero-order valence-electron chi connectivity index (χ0n) is 12.6. The first kappa shape index (κ1) is 16.0. The van der Waals surface area contributed by atoms with E-state index < -0.39 is 0 Å². The van der Waals surface area contributed by atoms with Gasteiger partial charge < -0.3 is 0 Å². The van der Waals surface area contributed by atoms with Crippen molar-refractivity contribution in [3.8, 4) is 0 Å². The van der Waals surface area contributed by atoms with Gasteiger partial charge in [0.25, 0.3) is 0 Å². The molecule has 0 aromatic carbocycles. The van der Waals surface area contributed by atoms with E-state index in [1.165, 1.54) is 44.9 Å². The lowest BCUT2D eigenvalue weighted by atomic mass is 9.84. The van der Waals surface area contributed by atoms with E-state index in [0.717, 1.165) is 11.8 Å². The smallest absolute Gasteiger partial charge is 0.0383 e. The van der Waals surface area contributed by atoms with E-state index in [4.69, 9.17) is 0 Å². The summed E-state index contributed by atoms with van der Waals surface area (Å²) in [6.07, 6.45) is 9.94. The third kappa shape index (κ3) is 10.5. The second kappa shape index (κ2) is 8.14. The van der Waals surface area contributed by atoms with E-state index in [0.29, 0.717) is 5.41 Å². The molecule has 0 unspecified atom stereocenters. The third-order valence-electron chi connectivity index (χ3n) is 3.52. The third-order valence-corrected chi connectivity index (χ3v) is 3.52. The summed E-state index contributed by atoms with van der Waals surface area (Å²) in [5, 5.41) is 0. The van der Waals surface area contributed by atoms with Crippen molar-refractivity contribution >= 4 is 0 Å². The van der Waals surface area contributed by atoms with E-state index in [9.17, 15) is 0 Å². The van der Waals surface area contributed by atoms with Crippen LogP contribution in [0.1, 0.15) is 86.5 Å². The van der Waals surface area contributed by atoms with Crippen molar-refractivity contribution in [1.29, 1.82) is 0 Å². The molecule has 0 rings (SSSR count). The predicted molar refractivity (Wildman–Crippen MR) is 75.8 cm³/mol. The van der Waals surface area contributed by atoms with Crippen LogP contribution in [0.25, 0.3) is 0 Å². The molecule has 0 aromatic rings. The van der Waals surface area contributed by atoms with Crippen LogP contribution in [-0.4, -0.2) is 0 Å². The van der Waals surface area contributed by atoms with Crippen molar-refractivity contribution in [3.63, 3.8) is 0 Å². The van der Waals surface area contributed by atoms with Gasteiger partial charge in [-0.15, -0.1) is 0 Å². The molecule has 0 radical (unpaired) electrons. The summed E-state index contributed by atoms with van der Waals surface area (Å²) in [6.45, 7) is 14.1. The average molecular weight is 226 g/mol. The van der Waals surface area contributed by atoms with Gasteiger partial charge in [0.15, 0.2) is 0 Å². The summed E-state index contributed by atoms with van der Waals surface area (Å²) in [5.41, 5.74) is 0.519. The Morgan fingerprint density at radius 3 is 1.88 bits per heavy atom. The zero-order valence-corrected chi connectivity index (χ0v) is 12.6. The zero-order chi connectivity index (χ0) is 12.6. The van der Waals surface area contributed by atoms with Crippen molar-refractivity contribution in [2.45, 2.75) is 86.5 Å². The molecular formula is C16H34. The van der Waals surface area contributed by atoms with Gasteiger partial charge in [-0.3, -0.25) is 0 Å². The summed E-state index contributed by atoms with van der Waals surface area (Å²) in [7, 11) is 0. The highest BCUT2D eigenvalue weighted by Crippen LogP contribution is 2.27. The van der Waals surface area contributed by atoms with E-state index in [1.54, 1.807) is 0 Å². The van der Waals surface area contributed by atoms with Crippen LogP contribution in [0.3, 0.4) is 0 Å². The van der Waals surface area contributed by atoms with Crippen LogP contribution >= 0.6 is 0 Å². The van der Waals surface area contributed by atoms with Crippen molar-refractivity contribution < 1.29 is 0 Å². The van der Waals surface area contributed by atoms with Gasteiger partial charge in [0.05, 0.1) is 0 Å². The van der Waals surface area contributed by atoms with Crippen LogP contribution in [0.5, 0.6) is 0 Å². The molecule has 0 bridgehead atoms. The minimum absolute atomic E-state index is 0.519. The lowest BCUT2D eigenvalue weighted by Crippen LogP contribution is -2.09. The summed E-state index contributed by atoms with van der Waals surface area (Å²) >= 11 is 0. The molecule has 16 heavy (non-hydrogen) atoms. The summed E-state index contributed by atoms with van der Waals surface area (Å²) < 4.78 is 0. The first-order chi connectivity index (χ1) is 7.35. The molecule has 0 aromatic heterocycles. The number of hydrogen-bond acceptors (Lipinski definition) is 0. The predicted octanol–water partition coefficient (Wildman–Crippen LogP) is 6.06. The van der Waals surface area contributed by atoms with Crippen molar-refractivity contribution in [2.75, 3.05) is 0 Å². The molecule has 0 spiro atoms. The normalized spacial score (nSPS) is 14.4. The van der Waals surface area contributed by atoms with Crippen LogP contribution in [-0.2, 0) is 0 Å². The van der Waals surface area contributed by atoms with Crippen LogP contribution in [0.15, 0.2) is 0 Å². The molecule has 0 amide bonds. The molecule has 1 atom stereocenters. The van der Waals surface area contributed by atoms with Gasteiger partial charge in [0.2, 0.25) is 0 Å². The Morgan fingerprint density at radius 2 is 1.44 bits per heavy atom. The number of unbranched alkanes of at least 4 members (excludes halogenated alkanes) is 1. The van der Waals surface area contributed by atoms with Gasteiger partial charge in [0, 0.05) is 0 Å². The molecule has 0 saturated heterocycles. The van der Waals surface area contributed by atoms with Crippen molar-refractivity contribution in [2.24, 2.45) is 17.3 Å². The SMILES string of the molecule is CC[C@H](CCCCC(C)C)CCC(C)(C)C. The monoisotopic (exact) mass is 226 g/mol. The molecule has 0 saturated carbocycles. The maximum atomic E-state index is 2.36. The van der Waals surface area contributed by atoms with Crippen LogP contribution < -0.4 is 0 Å². The molecule has 0 fully saturated rings. The highest BCUT2D eigenvalue weighted by molar-refractivity contribution is 4.66. The Bertz CT molecular complexity index is 150. The van der Waals surface area contributed by atoms with Crippen molar-refractivity contribution in [3.05, 3.63) is 0 Å². The lowest BCUT2D eigenvalue weighted by molar-refractivity contribution is 0.302. The highest BCUT2D eigenvalue weighted by Gasteiger charge is 2.13. The Labute approximate surface area is 104 Å². The van der Waals surface area contributed by atoms with Gasteiger partial charge in [-0.25, -0.2) is 0 Å².